The molecule has 1 fully saturated rings. The molecule has 1 amide bonds. The van der Waals surface area contributed by atoms with Crippen molar-refractivity contribution >= 4 is 34.2 Å². The number of rotatable bonds is 5. The molecule has 1 aromatic heterocycles. The van der Waals surface area contributed by atoms with Gasteiger partial charge in [0.1, 0.15) is 12.1 Å². The normalized spacial score (nSPS) is 15.8. The number of nitrogens with one attached hydrogen (secondary N) is 1. The van der Waals surface area contributed by atoms with E-state index in [0.29, 0.717) is 5.02 Å². The topological polar surface area (TPSA) is 58.1 Å². The van der Waals surface area contributed by atoms with Crippen LogP contribution >= 0.6 is 11.6 Å². The Labute approximate surface area is 149 Å². The number of amides is 1. The minimum absolute atomic E-state index is 0.200. The first-order valence-electron chi connectivity index (χ1n) is 8.23. The second kappa shape index (κ2) is 7.91. The number of anilines is 1. The van der Waals surface area contributed by atoms with E-state index in [4.69, 9.17) is 11.6 Å². The van der Waals surface area contributed by atoms with Gasteiger partial charge in [0.2, 0.25) is 5.91 Å². The lowest BCUT2D eigenvalue weighted by Gasteiger charge is -2.33. The third kappa shape index (κ3) is 4.54. The maximum Gasteiger partial charge on any atom is 0.255 e. The molecule has 0 aliphatic carbocycles. The van der Waals surface area contributed by atoms with Crippen LogP contribution in [0.4, 0.5) is 14.6 Å². The van der Waals surface area contributed by atoms with Crippen molar-refractivity contribution in [3.8, 4) is 0 Å². The van der Waals surface area contributed by atoms with E-state index in [2.05, 4.69) is 20.2 Å². The van der Waals surface area contributed by atoms with Crippen LogP contribution in [0.25, 0.3) is 10.9 Å². The van der Waals surface area contributed by atoms with Gasteiger partial charge in [0.25, 0.3) is 6.43 Å². The van der Waals surface area contributed by atoms with Gasteiger partial charge in [0.15, 0.2) is 0 Å². The Balaban J connectivity index is 1.61. The number of benzene rings is 1. The van der Waals surface area contributed by atoms with Crippen LogP contribution in [-0.4, -0.2) is 41.9 Å². The fourth-order valence-corrected chi connectivity index (χ4v) is 3.31. The van der Waals surface area contributed by atoms with E-state index >= 15 is 0 Å². The molecule has 2 aromatic rings. The molecular weight excluding hydrogens is 350 g/mol. The highest BCUT2D eigenvalue weighted by Crippen LogP contribution is 2.29. The van der Waals surface area contributed by atoms with Gasteiger partial charge in [-0.2, -0.15) is 0 Å². The van der Waals surface area contributed by atoms with Gasteiger partial charge in [0.05, 0.1) is 12.1 Å². The summed E-state index contributed by atoms with van der Waals surface area (Å²) >= 11 is 6.09. The van der Waals surface area contributed by atoms with Gasteiger partial charge in [0, 0.05) is 29.9 Å². The second-order valence-electron chi connectivity index (χ2n) is 6.19. The summed E-state index contributed by atoms with van der Waals surface area (Å²) in [6, 6.07) is 5.52. The average molecular weight is 369 g/mol. The van der Waals surface area contributed by atoms with Gasteiger partial charge in [-0.3, -0.25) is 4.79 Å². The lowest BCUT2D eigenvalue weighted by atomic mass is 9.93. The van der Waals surface area contributed by atoms with Crippen molar-refractivity contribution in [3.05, 3.63) is 29.5 Å². The molecule has 1 saturated heterocycles. The van der Waals surface area contributed by atoms with E-state index in [9.17, 15) is 13.6 Å². The van der Waals surface area contributed by atoms with Crippen molar-refractivity contribution in [2.75, 3.05) is 24.5 Å². The molecule has 0 atom stereocenters. The first kappa shape index (κ1) is 17.8. The van der Waals surface area contributed by atoms with E-state index in [1.165, 1.54) is 6.33 Å². The molecule has 0 unspecified atom stereocenters. The van der Waals surface area contributed by atoms with Gasteiger partial charge in [-0.05, 0) is 37.0 Å². The molecule has 0 spiro atoms. The standard InChI is InChI=1S/C17H19ClF2N4O/c18-12-1-2-14-13(8-12)17(23-10-22-14)24-5-3-11(4-6-24)7-16(25)21-9-15(19)20/h1-2,8,10-11,15H,3-7,9H2,(H,21,25). The zero-order chi connectivity index (χ0) is 17.8. The predicted molar refractivity (Wildman–Crippen MR) is 93.1 cm³/mol. The number of fused-ring (bicyclic) bond motifs is 1. The van der Waals surface area contributed by atoms with Crippen molar-refractivity contribution in [2.24, 2.45) is 5.92 Å². The number of hydrogen-bond donors (Lipinski definition) is 1. The average Bonchev–Trinajstić information content (AvgIpc) is 2.60. The number of halogens is 3. The molecule has 0 bridgehead atoms. The number of hydrogen-bond acceptors (Lipinski definition) is 4. The van der Waals surface area contributed by atoms with Gasteiger partial charge < -0.3 is 10.2 Å². The molecule has 1 aliphatic heterocycles. The molecule has 1 N–H and O–H groups in total. The smallest absolute Gasteiger partial charge is 0.255 e. The SMILES string of the molecule is O=C(CC1CCN(c2ncnc3ccc(Cl)cc23)CC1)NCC(F)F. The molecule has 1 aliphatic rings. The molecule has 5 nitrogen and oxygen atoms in total. The zero-order valence-electron chi connectivity index (χ0n) is 13.6. The summed E-state index contributed by atoms with van der Waals surface area (Å²) in [5.41, 5.74) is 0.836. The highest BCUT2D eigenvalue weighted by Gasteiger charge is 2.23. The van der Waals surface area contributed by atoms with Crippen molar-refractivity contribution in [1.29, 1.82) is 0 Å². The van der Waals surface area contributed by atoms with Crippen LogP contribution in [0.5, 0.6) is 0 Å². The number of carbonyl (C=O) groups is 1. The van der Waals surface area contributed by atoms with Crippen LogP contribution in [0, 0.1) is 5.92 Å². The van der Waals surface area contributed by atoms with Crippen LogP contribution in [0.3, 0.4) is 0 Å². The van der Waals surface area contributed by atoms with Crippen LogP contribution in [-0.2, 0) is 4.79 Å². The Kier molecular flexibility index (Phi) is 5.63. The molecule has 8 heteroatoms. The second-order valence-corrected chi connectivity index (χ2v) is 6.62. The monoisotopic (exact) mass is 368 g/mol. The summed E-state index contributed by atoms with van der Waals surface area (Å²) in [5.74, 6) is 0.733. The largest absolute Gasteiger partial charge is 0.356 e. The summed E-state index contributed by atoms with van der Waals surface area (Å²) in [6.45, 7) is 0.933. The maximum atomic E-state index is 12.1. The summed E-state index contributed by atoms with van der Waals surface area (Å²) in [4.78, 5) is 22.5. The van der Waals surface area contributed by atoms with Crippen LogP contribution < -0.4 is 10.2 Å². The first-order chi connectivity index (χ1) is 12.0. The van der Waals surface area contributed by atoms with Gasteiger partial charge in [-0.25, -0.2) is 18.7 Å². The Morgan fingerprint density at radius 3 is 2.80 bits per heavy atom. The van der Waals surface area contributed by atoms with E-state index in [-0.39, 0.29) is 18.2 Å². The van der Waals surface area contributed by atoms with E-state index in [0.717, 1.165) is 42.7 Å². The lowest BCUT2D eigenvalue weighted by molar-refractivity contribution is -0.122. The summed E-state index contributed by atoms with van der Waals surface area (Å²) in [6.07, 6.45) is 0.943. The van der Waals surface area contributed by atoms with Gasteiger partial charge in [-0.15, -0.1) is 0 Å². The van der Waals surface area contributed by atoms with Crippen molar-refractivity contribution in [1.82, 2.24) is 15.3 Å². The number of alkyl halides is 2. The first-order valence-corrected chi connectivity index (χ1v) is 8.61. The van der Waals surface area contributed by atoms with Crippen LogP contribution in [0.15, 0.2) is 24.5 Å². The summed E-state index contributed by atoms with van der Waals surface area (Å²) < 4.78 is 24.3. The number of aromatic nitrogens is 2. The molecule has 0 saturated carbocycles. The predicted octanol–water partition coefficient (Wildman–Crippen LogP) is 3.27. The number of nitrogens with zero attached hydrogens (tertiary/aromatic N) is 3. The molecular formula is C17H19ClF2N4O. The van der Waals surface area contributed by atoms with Crippen LogP contribution in [0.1, 0.15) is 19.3 Å². The minimum Gasteiger partial charge on any atom is -0.356 e. The van der Waals surface area contributed by atoms with Crippen molar-refractivity contribution in [2.45, 2.75) is 25.7 Å². The Bertz CT molecular complexity index is 751. The van der Waals surface area contributed by atoms with E-state index < -0.39 is 13.0 Å². The summed E-state index contributed by atoms with van der Waals surface area (Å²) in [5, 5.41) is 3.80. The van der Waals surface area contributed by atoms with Gasteiger partial charge >= 0.3 is 0 Å². The third-order valence-electron chi connectivity index (χ3n) is 4.42. The van der Waals surface area contributed by atoms with Gasteiger partial charge in [-0.1, -0.05) is 11.6 Å². The number of carbonyl (C=O) groups excluding carboxylic acids is 1. The Morgan fingerprint density at radius 1 is 1.32 bits per heavy atom. The fourth-order valence-electron chi connectivity index (χ4n) is 3.14. The molecule has 25 heavy (non-hydrogen) atoms. The maximum absolute atomic E-state index is 12.1. The lowest BCUT2D eigenvalue weighted by Crippen LogP contribution is -2.37. The Morgan fingerprint density at radius 2 is 2.08 bits per heavy atom. The Hall–Kier alpha value is -2.02. The molecule has 1 aromatic carbocycles. The summed E-state index contributed by atoms with van der Waals surface area (Å²) in [7, 11) is 0. The zero-order valence-corrected chi connectivity index (χ0v) is 14.3. The minimum atomic E-state index is -2.51. The molecule has 134 valence electrons. The van der Waals surface area contributed by atoms with Crippen LogP contribution in [0.2, 0.25) is 5.02 Å². The molecule has 2 heterocycles. The van der Waals surface area contributed by atoms with Crippen molar-refractivity contribution < 1.29 is 13.6 Å². The quantitative estimate of drug-likeness (QED) is 0.880. The highest BCUT2D eigenvalue weighted by molar-refractivity contribution is 6.31. The third-order valence-corrected chi connectivity index (χ3v) is 4.65. The fraction of sp³-hybridized carbons (Fsp3) is 0.471. The van der Waals surface area contributed by atoms with E-state index in [1.807, 2.05) is 12.1 Å². The molecule has 0 radical (unpaired) electrons. The molecule has 3 rings (SSSR count). The number of piperidine rings is 1. The highest BCUT2D eigenvalue weighted by atomic mass is 35.5. The van der Waals surface area contributed by atoms with E-state index in [1.54, 1.807) is 6.07 Å². The van der Waals surface area contributed by atoms with Crippen molar-refractivity contribution in [3.63, 3.8) is 0 Å².